The Morgan fingerprint density at radius 3 is 1.77 bits per heavy atom. The highest BCUT2D eigenvalue weighted by molar-refractivity contribution is 6.32. The van der Waals surface area contributed by atoms with Crippen LogP contribution < -0.4 is 0 Å². The molecule has 0 aromatic heterocycles. The van der Waals surface area contributed by atoms with Crippen LogP contribution in [0.4, 0.5) is 0 Å². The van der Waals surface area contributed by atoms with Crippen LogP contribution in [0.2, 0.25) is 0 Å². The van der Waals surface area contributed by atoms with Gasteiger partial charge in [-0.05, 0) is 17.7 Å². The molecule has 126 valence electrons. The minimum Gasteiger partial charge on any atom is -0.268 e. The third kappa shape index (κ3) is 2.82. The third-order valence-electron chi connectivity index (χ3n) is 4.29. The van der Waals surface area contributed by atoms with Crippen LogP contribution >= 0.6 is 0 Å². The van der Waals surface area contributed by atoms with E-state index in [1.807, 2.05) is 60.7 Å². The summed E-state index contributed by atoms with van der Waals surface area (Å²) >= 11 is 0. The summed E-state index contributed by atoms with van der Waals surface area (Å²) in [6.45, 7) is 0.387. The van der Waals surface area contributed by atoms with Crippen molar-refractivity contribution in [2.45, 2.75) is 6.54 Å². The van der Waals surface area contributed by atoms with Gasteiger partial charge >= 0.3 is 0 Å². The second-order valence-electron chi connectivity index (χ2n) is 5.98. The molecule has 0 fully saturated rings. The van der Waals surface area contributed by atoms with Gasteiger partial charge in [-0.2, -0.15) is 0 Å². The molecule has 0 N–H and O–H groups in total. The number of carbonyl (C=O) groups is 2. The molecule has 0 saturated carbocycles. The minimum atomic E-state index is -0.332. The lowest BCUT2D eigenvalue weighted by molar-refractivity contribution is 0.0749. The van der Waals surface area contributed by atoms with Gasteiger partial charge in [0.2, 0.25) is 0 Å². The lowest BCUT2D eigenvalue weighted by atomic mass is 10.1. The Balaban J connectivity index is 1.77. The molecule has 0 saturated heterocycles. The van der Waals surface area contributed by atoms with Gasteiger partial charge in [0.1, 0.15) is 5.84 Å². The van der Waals surface area contributed by atoms with Crippen molar-refractivity contribution in [3.63, 3.8) is 0 Å². The van der Waals surface area contributed by atoms with Crippen LogP contribution in [0.3, 0.4) is 0 Å². The van der Waals surface area contributed by atoms with Crippen molar-refractivity contribution in [2.24, 2.45) is 4.99 Å². The number of hydrogen-bond acceptors (Lipinski definition) is 3. The number of rotatable bonds is 3. The van der Waals surface area contributed by atoms with Gasteiger partial charge in [-0.25, -0.2) is 4.90 Å². The zero-order chi connectivity index (χ0) is 17.9. The highest BCUT2D eigenvalue weighted by atomic mass is 16.2. The summed E-state index contributed by atoms with van der Waals surface area (Å²) in [5.74, 6) is -0.289. The normalized spacial score (nSPS) is 13.8. The molecule has 2 amide bonds. The molecule has 4 rings (SSSR count). The first-order valence-electron chi connectivity index (χ1n) is 8.37. The molecule has 26 heavy (non-hydrogen) atoms. The van der Waals surface area contributed by atoms with E-state index in [0.717, 1.165) is 11.1 Å². The fourth-order valence-electron chi connectivity index (χ4n) is 3.01. The quantitative estimate of drug-likeness (QED) is 0.412. The SMILES string of the molecule is O=C1c2ccccc2C(=O)N1C(=NCc1ccccc1)c1ccccc1. The third-order valence-corrected chi connectivity index (χ3v) is 4.29. The van der Waals surface area contributed by atoms with Crippen LogP contribution in [-0.4, -0.2) is 22.5 Å². The number of nitrogens with zero attached hydrogens (tertiary/aromatic N) is 2. The number of fused-ring (bicyclic) bond motifs is 1. The topological polar surface area (TPSA) is 49.7 Å². The van der Waals surface area contributed by atoms with Crippen LogP contribution in [0.5, 0.6) is 0 Å². The van der Waals surface area contributed by atoms with E-state index < -0.39 is 0 Å². The van der Waals surface area contributed by atoms with Crippen LogP contribution in [-0.2, 0) is 6.54 Å². The summed E-state index contributed by atoms with van der Waals surface area (Å²) in [5.41, 5.74) is 2.58. The number of amides is 2. The fourth-order valence-corrected chi connectivity index (χ4v) is 3.01. The Morgan fingerprint density at radius 1 is 0.692 bits per heavy atom. The molecule has 1 aliphatic heterocycles. The molecule has 4 nitrogen and oxygen atoms in total. The summed E-state index contributed by atoms with van der Waals surface area (Å²) < 4.78 is 0. The van der Waals surface area contributed by atoms with Gasteiger partial charge in [0.05, 0.1) is 17.7 Å². The van der Waals surface area contributed by atoms with Crippen molar-refractivity contribution in [1.82, 2.24) is 4.90 Å². The maximum Gasteiger partial charge on any atom is 0.267 e. The smallest absolute Gasteiger partial charge is 0.267 e. The second-order valence-corrected chi connectivity index (χ2v) is 5.98. The van der Waals surface area contributed by atoms with Crippen molar-refractivity contribution >= 4 is 17.6 Å². The number of imide groups is 1. The average Bonchev–Trinajstić information content (AvgIpc) is 2.95. The summed E-state index contributed by atoms with van der Waals surface area (Å²) in [4.78, 5) is 31.5. The Morgan fingerprint density at radius 2 is 1.19 bits per heavy atom. The van der Waals surface area contributed by atoms with Crippen LogP contribution in [0.25, 0.3) is 0 Å². The van der Waals surface area contributed by atoms with Gasteiger partial charge in [0.15, 0.2) is 0 Å². The number of amidine groups is 1. The van der Waals surface area contributed by atoms with E-state index in [1.54, 1.807) is 24.3 Å². The van der Waals surface area contributed by atoms with E-state index in [2.05, 4.69) is 4.99 Å². The van der Waals surface area contributed by atoms with Gasteiger partial charge < -0.3 is 0 Å². The van der Waals surface area contributed by atoms with E-state index in [1.165, 1.54) is 4.90 Å². The van der Waals surface area contributed by atoms with E-state index in [4.69, 9.17) is 0 Å². The molecule has 1 aliphatic rings. The molecule has 0 bridgehead atoms. The van der Waals surface area contributed by atoms with Crippen LogP contribution in [0.1, 0.15) is 31.8 Å². The van der Waals surface area contributed by atoms with E-state index in [9.17, 15) is 9.59 Å². The molecule has 0 atom stereocenters. The number of hydrogen-bond donors (Lipinski definition) is 0. The van der Waals surface area contributed by atoms with Gasteiger partial charge in [0, 0.05) is 5.56 Å². The van der Waals surface area contributed by atoms with Gasteiger partial charge in [0.25, 0.3) is 11.8 Å². The lowest BCUT2D eigenvalue weighted by Crippen LogP contribution is -2.37. The Kier molecular flexibility index (Phi) is 4.15. The first-order valence-corrected chi connectivity index (χ1v) is 8.37. The highest BCUT2D eigenvalue weighted by Gasteiger charge is 2.38. The predicted octanol–water partition coefficient (Wildman–Crippen LogP) is 3.93. The van der Waals surface area contributed by atoms with Gasteiger partial charge in [-0.15, -0.1) is 0 Å². The molecule has 4 heteroatoms. The maximum atomic E-state index is 12.9. The molecule has 0 unspecified atom stereocenters. The summed E-state index contributed by atoms with van der Waals surface area (Å²) in [5, 5.41) is 0. The summed E-state index contributed by atoms with van der Waals surface area (Å²) in [6, 6.07) is 26.0. The lowest BCUT2D eigenvalue weighted by Gasteiger charge is -2.17. The Hall–Kier alpha value is -3.53. The van der Waals surface area contributed by atoms with Crippen molar-refractivity contribution in [1.29, 1.82) is 0 Å². The molecule has 0 aliphatic carbocycles. The second kappa shape index (κ2) is 6.76. The molecule has 1 heterocycles. The molecular weight excluding hydrogens is 324 g/mol. The number of aliphatic imine (C=N–C) groups is 1. The van der Waals surface area contributed by atoms with Crippen molar-refractivity contribution < 1.29 is 9.59 Å². The zero-order valence-electron chi connectivity index (χ0n) is 14.0. The van der Waals surface area contributed by atoms with Gasteiger partial charge in [-0.1, -0.05) is 72.8 Å². The molecule has 0 radical (unpaired) electrons. The van der Waals surface area contributed by atoms with Crippen LogP contribution in [0, 0.1) is 0 Å². The van der Waals surface area contributed by atoms with E-state index in [0.29, 0.717) is 23.5 Å². The zero-order valence-corrected chi connectivity index (χ0v) is 14.0. The van der Waals surface area contributed by atoms with Crippen molar-refractivity contribution in [3.05, 3.63) is 107 Å². The minimum absolute atomic E-state index is 0.332. The predicted molar refractivity (Wildman–Crippen MR) is 100 cm³/mol. The van der Waals surface area contributed by atoms with E-state index in [-0.39, 0.29) is 11.8 Å². The van der Waals surface area contributed by atoms with Gasteiger partial charge in [-0.3, -0.25) is 14.6 Å². The molecular formula is C22H16N2O2. The molecule has 0 spiro atoms. The Bertz CT molecular complexity index is 960. The first kappa shape index (κ1) is 16.0. The first-order chi connectivity index (χ1) is 12.8. The van der Waals surface area contributed by atoms with Crippen LogP contribution in [0.15, 0.2) is 89.9 Å². The average molecular weight is 340 g/mol. The highest BCUT2D eigenvalue weighted by Crippen LogP contribution is 2.25. The van der Waals surface area contributed by atoms with Crippen molar-refractivity contribution in [2.75, 3.05) is 0 Å². The standard InChI is InChI=1S/C22H16N2O2/c25-21-18-13-7-8-14-19(18)22(26)24(21)20(17-11-5-2-6-12-17)23-15-16-9-3-1-4-10-16/h1-14H,15H2. The largest absolute Gasteiger partial charge is 0.268 e. The molecule has 3 aromatic rings. The monoisotopic (exact) mass is 340 g/mol. The summed E-state index contributed by atoms with van der Waals surface area (Å²) in [6.07, 6.45) is 0. The Labute approximate surface area is 151 Å². The number of carbonyl (C=O) groups excluding carboxylic acids is 2. The van der Waals surface area contributed by atoms with Crippen molar-refractivity contribution in [3.8, 4) is 0 Å². The summed E-state index contributed by atoms with van der Waals surface area (Å²) in [7, 11) is 0. The fraction of sp³-hybridized carbons (Fsp3) is 0.0455. The maximum absolute atomic E-state index is 12.9. The van der Waals surface area contributed by atoms with E-state index >= 15 is 0 Å². The molecule has 3 aromatic carbocycles. The number of benzene rings is 3.